The van der Waals surface area contributed by atoms with Crippen LogP contribution in [0.3, 0.4) is 0 Å². The standard InChI is InChI=1S/C29H42F2O2/c1-3-5-20-6-16-26(33-19-20)24-13-9-22(10-14-24)21-7-11-23(12-8-21)25-15-17-27(32-18-4-2)29(31)28(25)30/h3,5,15,17,20-24,26H,4,6-14,16,18-19H2,1-2H3/b5-3+. The number of allylic oxidation sites excluding steroid dienone is 1. The second kappa shape index (κ2) is 11.8. The van der Waals surface area contributed by atoms with E-state index in [1.54, 1.807) is 12.1 Å². The highest BCUT2D eigenvalue weighted by molar-refractivity contribution is 5.33. The Balaban J connectivity index is 1.24. The second-order valence-electron chi connectivity index (χ2n) is 10.7. The molecule has 184 valence electrons. The van der Waals surface area contributed by atoms with E-state index in [0.717, 1.165) is 56.5 Å². The molecule has 0 aromatic heterocycles. The molecule has 3 aliphatic rings. The Labute approximate surface area is 199 Å². The first-order valence-electron chi connectivity index (χ1n) is 13.5. The van der Waals surface area contributed by atoms with E-state index in [9.17, 15) is 8.78 Å². The zero-order valence-electron chi connectivity index (χ0n) is 20.5. The monoisotopic (exact) mass is 460 g/mol. The van der Waals surface area contributed by atoms with Gasteiger partial charge >= 0.3 is 0 Å². The summed E-state index contributed by atoms with van der Waals surface area (Å²) in [5.74, 6) is 1.54. The summed E-state index contributed by atoms with van der Waals surface area (Å²) in [5.41, 5.74) is 0.546. The SMILES string of the molecule is C/C=C/C1CCC(C2CCC(C3CCC(c4ccc(OCCC)c(F)c4F)CC3)CC2)OC1. The van der Waals surface area contributed by atoms with Gasteiger partial charge in [-0.05, 0) is 113 Å². The van der Waals surface area contributed by atoms with Crippen LogP contribution in [0.15, 0.2) is 24.3 Å². The quantitative estimate of drug-likeness (QED) is 0.382. The van der Waals surface area contributed by atoms with Gasteiger partial charge in [0.15, 0.2) is 11.6 Å². The van der Waals surface area contributed by atoms with Crippen molar-refractivity contribution in [1.29, 1.82) is 0 Å². The Bertz CT molecular complexity index is 768. The highest BCUT2D eigenvalue weighted by atomic mass is 19.2. The highest BCUT2D eigenvalue weighted by Gasteiger charge is 2.35. The van der Waals surface area contributed by atoms with E-state index in [-0.39, 0.29) is 11.7 Å². The minimum Gasteiger partial charge on any atom is -0.490 e. The first-order chi connectivity index (χ1) is 16.1. The molecule has 2 unspecified atom stereocenters. The first-order valence-corrected chi connectivity index (χ1v) is 13.5. The first kappa shape index (κ1) is 24.7. The van der Waals surface area contributed by atoms with Crippen molar-refractivity contribution in [3.63, 3.8) is 0 Å². The van der Waals surface area contributed by atoms with E-state index in [1.165, 1.54) is 38.5 Å². The molecule has 0 N–H and O–H groups in total. The molecule has 1 aromatic rings. The molecule has 0 radical (unpaired) electrons. The Morgan fingerprint density at radius 3 is 2.15 bits per heavy atom. The lowest BCUT2D eigenvalue weighted by molar-refractivity contribution is -0.0518. The van der Waals surface area contributed by atoms with Gasteiger partial charge in [-0.1, -0.05) is 25.1 Å². The fourth-order valence-electron chi connectivity index (χ4n) is 6.66. The third-order valence-electron chi connectivity index (χ3n) is 8.57. The number of hydrogen-bond acceptors (Lipinski definition) is 2. The van der Waals surface area contributed by atoms with Crippen LogP contribution in [0.1, 0.15) is 96.0 Å². The molecule has 3 fully saturated rings. The molecule has 4 rings (SSSR count). The van der Waals surface area contributed by atoms with Gasteiger partial charge in [-0.3, -0.25) is 0 Å². The predicted octanol–water partition coefficient (Wildman–Crippen LogP) is 8.21. The molecule has 2 atom stereocenters. The molecule has 4 heteroatoms. The molecule has 0 bridgehead atoms. The van der Waals surface area contributed by atoms with Crippen LogP contribution in [0.5, 0.6) is 5.75 Å². The molecule has 0 spiro atoms. The van der Waals surface area contributed by atoms with Crippen LogP contribution in [0.25, 0.3) is 0 Å². The van der Waals surface area contributed by atoms with E-state index < -0.39 is 11.6 Å². The number of ether oxygens (including phenoxy) is 2. The van der Waals surface area contributed by atoms with E-state index >= 15 is 0 Å². The van der Waals surface area contributed by atoms with Gasteiger partial charge in [-0.25, -0.2) is 4.39 Å². The van der Waals surface area contributed by atoms with Crippen LogP contribution >= 0.6 is 0 Å². The molecule has 2 saturated carbocycles. The zero-order valence-corrected chi connectivity index (χ0v) is 20.5. The number of benzene rings is 1. The zero-order chi connectivity index (χ0) is 23.2. The predicted molar refractivity (Wildman–Crippen MR) is 130 cm³/mol. The molecule has 1 heterocycles. The maximum absolute atomic E-state index is 14.7. The highest BCUT2D eigenvalue weighted by Crippen LogP contribution is 2.46. The average Bonchev–Trinajstić information content (AvgIpc) is 2.86. The summed E-state index contributed by atoms with van der Waals surface area (Å²) in [6.07, 6.45) is 17.6. The summed E-state index contributed by atoms with van der Waals surface area (Å²) in [6, 6.07) is 3.37. The van der Waals surface area contributed by atoms with Gasteiger partial charge in [0.2, 0.25) is 5.82 Å². The van der Waals surface area contributed by atoms with E-state index in [0.29, 0.717) is 24.2 Å². The Kier molecular flexibility index (Phi) is 8.85. The van der Waals surface area contributed by atoms with Crippen LogP contribution < -0.4 is 4.74 Å². The van der Waals surface area contributed by atoms with Crippen molar-refractivity contribution in [2.24, 2.45) is 23.7 Å². The molecule has 1 saturated heterocycles. The van der Waals surface area contributed by atoms with Gasteiger partial charge in [0, 0.05) is 5.92 Å². The van der Waals surface area contributed by atoms with Crippen LogP contribution in [-0.4, -0.2) is 19.3 Å². The third kappa shape index (κ3) is 5.99. The molecular weight excluding hydrogens is 418 g/mol. The maximum atomic E-state index is 14.7. The number of hydrogen-bond donors (Lipinski definition) is 0. The lowest BCUT2D eigenvalue weighted by Crippen LogP contribution is -2.35. The van der Waals surface area contributed by atoms with Crippen LogP contribution in [0, 0.1) is 35.3 Å². The summed E-state index contributed by atoms with van der Waals surface area (Å²) in [6.45, 7) is 5.35. The second-order valence-corrected chi connectivity index (χ2v) is 10.7. The molecule has 1 aromatic carbocycles. The summed E-state index contributed by atoms with van der Waals surface area (Å²) in [5, 5.41) is 0. The molecule has 0 amide bonds. The van der Waals surface area contributed by atoms with Crippen molar-refractivity contribution in [1.82, 2.24) is 0 Å². The number of halogens is 2. The van der Waals surface area contributed by atoms with Crippen molar-refractivity contribution >= 4 is 0 Å². The maximum Gasteiger partial charge on any atom is 0.200 e. The van der Waals surface area contributed by atoms with Crippen molar-refractivity contribution in [3.05, 3.63) is 41.5 Å². The fourth-order valence-corrected chi connectivity index (χ4v) is 6.66. The van der Waals surface area contributed by atoms with Gasteiger partial charge in [0.05, 0.1) is 19.3 Å². The van der Waals surface area contributed by atoms with Crippen LogP contribution in [0.2, 0.25) is 0 Å². The largest absolute Gasteiger partial charge is 0.490 e. The van der Waals surface area contributed by atoms with Gasteiger partial charge in [-0.15, -0.1) is 0 Å². The van der Waals surface area contributed by atoms with Crippen molar-refractivity contribution in [3.8, 4) is 5.75 Å². The lowest BCUT2D eigenvalue weighted by Gasteiger charge is -2.41. The minimum atomic E-state index is -0.816. The van der Waals surface area contributed by atoms with Gasteiger partial charge in [-0.2, -0.15) is 4.39 Å². The van der Waals surface area contributed by atoms with E-state index in [2.05, 4.69) is 19.1 Å². The Hall–Kier alpha value is -1.42. The summed E-state index contributed by atoms with van der Waals surface area (Å²) >= 11 is 0. The Morgan fingerprint density at radius 2 is 1.55 bits per heavy atom. The van der Waals surface area contributed by atoms with Crippen molar-refractivity contribution in [2.45, 2.75) is 96.5 Å². The van der Waals surface area contributed by atoms with Crippen LogP contribution in [0.4, 0.5) is 8.78 Å². The normalized spacial score (nSPS) is 33.3. The van der Waals surface area contributed by atoms with Crippen molar-refractivity contribution < 1.29 is 18.3 Å². The molecule has 33 heavy (non-hydrogen) atoms. The molecular formula is C29H42F2O2. The molecule has 2 aliphatic carbocycles. The lowest BCUT2D eigenvalue weighted by atomic mass is 9.67. The van der Waals surface area contributed by atoms with Crippen molar-refractivity contribution in [2.75, 3.05) is 13.2 Å². The summed E-state index contributed by atoms with van der Waals surface area (Å²) in [7, 11) is 0. The average molecular weight is 461 g/mol. The van der Waals surface area contributed by atoms with Gasteiger partial charge in [0.25, 0.3) is 0 Å². The summed E-state index contributed by atoms with van der Waals surface area (Å²) < 4.78 is 40.8. The Morgan fingerprint density at radius 1 is 0.879 bits per heavy atom. The third-order valence-corrected chi connectivity index (χ3v) is 8.57. The minimum absolute atomic E-state index is 0.0443. The number of rotatable bonds is 7. The van der Waals surface area contributed by atoms with Gasteiger partial charge < -0.3 is 9.47 Å². The van der Waals surface area contributed by atoms with E-state index in [1.807, 2.05) is 6.92 Å². The van der Waals surface area contributed by atoms with E-state index in [4.69, 9.17) is 9.47 Å². The smallest absolute Gasteiger partial charge is 0.200 e. The fraction of sp³-hybridized carbons (Fsp3) is 0.724. The molecule has 1 aliphatic heterocycles. The summed E-state index contributed by atoms with van der Waals surface area (Å²) in [4.78, 5) is 0. The van der Waals surface area contributed by atoms with Crippen LogP contribution in [-0.2, 0) is 4.74 Å². The topological polar surface area (TPSA) is 18.5 Å². The molecule has 2 nitrogen and oxygen atoms in total. The van der Waals surface area contributed by atoms with Gasteiger partial charge in [0.1, 0.15) is 0 Å².